The molecule has 0 aromatic heterocycles. The maximum absolute atomic E-state index is 11.2. The lowest BCUT2D eigenvalue weighted by atomic mass is 10.1. The number of rotatable bonds is 13. The van der Waals surface area contributed by atoms with E-state index in [1.54, 1.807) is 0 Å². The van der Waals surface area contributed by atoms with E-state index in [1.165, 1.54) is 40.2 Å². The Hall–Kier alpha value is -1.14. The molecule has 0 aliphatic heterocycles. The number of carbonyl (C=O) groups is 2. The van der Waals surface area contributed by atoms with Crippen molar-refractivity contribution in [3.05, 3.63) is 0 Å². The zero-order chi connectivity index (χ0) is 19.6. The molecule has 0 aromatic rings. The average molecular weight is 363 g/mol. The van der Waals surface area contributed by atoms with Crippen LogP contribution in [0.25, 0.3) is 0 Å². The molecule has 0 rings (SSSR count). The summed E-state index contributed by atoms with van der Waals surface area (Å²) < 4.78 is 9.30. The third-order valence-electron chi connectivity index (χ3n) is 3.48. The molecule has 150 valence electrons. The van der Waals surface area contributed by atoms with Crippen molar-refractivity contribution < 1.29 is 29.3 Å². The van der Waals surface area contributed by atoms with E-state index in [2.05, 4.69) is 11.7 Å². The summed E-state index contributed by atoms with van der Waals surface area (Å²) in [5.74, 6) is -0.656. The zero-order valence-corrected chi connectivity index (χ0v) is 16.5. The molecule has 0 atom stereocenters. The summed E-state index contributed by atoms with van der Waals surface area (Å²) in [6, 6.07) is 0. The number of aliphatic hydroxyl groups is 2. The van der Waals surface area contributed by atoms with Gasteiger partial charge in [-0.25, -0.2) is 4.79 Å². The molecule has 0 unspecified atom stereocenters. The van der Waals surface area contributed by atoms with Gasteiger partial charge in [0.05, 0.1) is 13.7 Å². The van der Waals surface area contributed by atoms with E-state index >= 15 is 0 Å². The van der Waals surface area contributed by atoms with Crippen LogP contribution in [0, 0.1) is 0 Å². The van der Waals surface area contributed by atoms with Gasteiger partial charge in [0.15, 0.2) is 5.60 Å². The highest BCUT2D eigenvalue weighted by molar-refractivity contribution is 5.77. The number of hydrogen-bond donors (Lipinski definition) is 2. The van der Waals surface area contributed by atoms with Crippen LogP contribution in [0.2, 0.25) is 0 Å². The fourth-order valence-corrected chi connectivity index (χ4v) is 1.92. The fourth-order valence-electron chi connectivity index (χ4n) is 1.92. The lowest BCUT2D eigenvalue weighted by molar-refractivity contribution is -0.158. The van der Waals surface area contributed by atoms with Gasteiger partial charge >= 0.3 is 11.9 Å². The van der Waals surface area contributed by atoms with Crippen LogP contribution >= 0.6 is 0 Å². The fraction of sp³-hybridized carbons (Fsp3) is 0.895. The van der Waals surface area contributed by atoms with Crippen LogP contribution in [0.5, 0.6) is 0 Å². The Morgan fingerprint density at radius 2 is 1.44 bits per heavy atom. The monoisotopic (exact) mass is 362 g/mol. The first kappa shape index (κ1) is 26.1. The van der Waals surface area contributed by atoms with Crippen LogP contribution in [0.1, 0.15) is 85.0 Å². The van der Waals surface area contributed by atoms with Gasteiger partial charge in [0.1, 0.15) is 0 Å². The first-order chi connectivity index (χ1) is 11.8. The van der Waals surface area contributed by atoms with Gasteiger partial charge in [-0.3, -0.25) is 4.79 Å². The predicted octanol–water partition coefficient (Wildman–Crippen LogP) is 3.37. The smallest absolute Gasteiger partial charge is 0.337 e. The minimum Gasteiger partial charge on any atom is -0.467 e. The zero-order valence-electron chi connectivity index (χ0n) is 16.5. The lowest BCUT2D eigenvalue weighted by Crippen LogP contribution is -2.31. The van der Waals surface area contributed by atoms with Crippen molar-refractivity contribution in [1.82, 2.24) is 0 Å². The molecule has 0 spiro atoms. The Bertz CT molecular complexity index is 322. The second-order valence-electron chi connectivity index (χ2n) is 6.57. The average Bonchev–Trinajstić information content (AvgIpc) is 2.56. The molecule has 25 heavy (non-hydrogen) atoms. The Balaban J connectivity index is 0. The van der Waals surface area contributed by atoms with Crippen molar-refractivity contribution in [3.8, 4) is 0 Å². The molecule has 6 nitrogen and oxygen atoms in total. The summed E-state index contributed by atoms with van der Waals surface area (Å²) in [4.78, 5) is 21.6. The van der Waals surface area contributed by atoms with Gasteiger partial charge in [-0.1, -0.05) is 45.4 Å². The lowest BCUT2D eigenvalue weighted by Gasteiger charge is -2.12. The molecular weight excluding hydrogens is 324 g/mol. The van der Waals surface area contributed by atoms with E-state index in [1.807, 2.05) is 0 Å². The molecule has 0 aliphatic carbocycles. The molecule has 0 saturated carbocycles. The highest BCUT2D eigenvalue weighted by Crippen LogP contribution is 2.09. The van der Waals surface area contributed by atoms with Crippen LogP contribution in [-0.2, 0) is 19.1 Å². The molecule has 0 amide bonds. The number of esters is 2. The van der Waals surface area contributed by atoms with E-state index < -0.39 is 11.6 Å². The molecule has 0 saturated heterocycles. The molecule has 0 bridgehead atoms. The van der Waals surface area contributed by atoms with Crippen molar-refractivity contribution in [2.75, 3.05) is 20.3 Å². The molecule has 2 N–H and O–H groups in total. The third kappa shape index (κ3) is 20.8. The molecule has 0 radical (unpaired) electrons. The summed E-state index contributed by atoms with van der Waals surface area (Å²) in [6.45, 7) is 5.72. The van der Waals surface area contributed by atoms with Gasteiger partial charge in [-0.2, -0.15) is 0 Å². The van der Waals surface area contributed by atoms with Crippen molar-refractivity contribution in [3.63, 3.8) is 0 Å². The number of unbranched alkanes of at least 4 members (excludes halogenated alkanes) is 7. The molecule has 0 aliphatic rings. The maximum Gasteiger partial charge on any atom is 0.337 e. The first-order valence-electron chi connectivity index (χ1n) is 9.36. The van der Waals surface area contributed by atoms with Crippen LogP contribution in [0.3, 0.4) is 0 Å². The second-order valence-corrected chi connectivity index (χ2v) is 6.57. The Morgan fingerprint density at radius 3 is 1.84 bits per heavy atom. The van der Waals surface area contributed by atoms with Gasteiger partial charge in [0.25, 0.3) is 0 Å². The van der Waals surface area contributed by atoms with Gasteiger partial charge in [-0.05, 0) is 33.1 Å². The highest BCUT2D eigenvalue weighted by Gasteiger charge is 2.23. The molecule has 0 fully saturated rings. The molecule has 6 heteroatoms. The largest absolute Gasteiger partial charge is 0.467 e. The second kappa shape index (κ2) is 17.7. The van der Waals surface area contributed by atoms with Crippen LogP contribution < -0.4 is 0 Å². The van der Waals surface area contributed by atoms with Crippen molar-refractivity contribution in [2.45, 2.75) is 90.6 Å². The molecule has 0 aromatic carbocycles. The molecular formula is C19H38O6. The summed E-state index contributed by atoms with van der Waals surface area (Å²) in [7, 11) is 1.24. The van der Waals surface area contributed by atoms with E-state index in [9.17, 15) is 9.59 Å². The number of carbonyl (C=O) groups excluding carboxylic acids is 2. The topological polar surface area (TPSA) is 93.1 Å². The SMILES string of the molecule is CCCCOC(=O)CCCCCCCCCO.COC(=O)C(C)(C)O. The van der Waals surface area contributed by atoms with Crippen molar-refractivity contribution >= 4 is 11.9 Å². The Labute approximate surface area is 152 Å². The molecule has 0 heterocycles. The van der Waals surface area contributed by atoms with Gasteiger partial charge < -0.3 is 19.7 Å². The number of methoxy groups -OCH3 is 1. The summed E-state index contributed by atoms with van der Waals surface area (Å²) in [6.07, 6.45) is 10.3. The van der Waals surface area contributed by atoms with Gasteiger partial charge in [-0.15, -0.1) is 0 Å². The summed E-state index contributed by atoms with van der Waals surface area (Å²) in [5, 5.41) is 17.4. The predicted molar refractivity (Wildman–Crippen MR) is 98.2 cm³/mol. The van der Waals surface area contributed by atoms with Crippen LogP contribution in [-0.4, -0.2) is 48.1 Å². The van der Waals surface area contributed by atoms with E-state index in [4.69, 9.17) is 14.9 Å². The van der Waals surface area contributed by atoms with Crippen molar-refractivity contribution in [1.29, 1.82) is 0 Å². The number of hydrogen-bond acceptors (Lipinski definition) is 6. The maximum atomic E-state index is 11.2. The van der Waals surface area contributed by atoms with E-state index in [-0.39, 0.29) is 5.97 Å². The van der Waals surface area contributed by atoms with Gasteiger partial charge in [0, 0.05) is 13.0 Å². The Morgan fingerprint density at radius 1 is 0.920 bits per heavy atom. The Kier molecular flexibility index (Phi) is 18.4. The van der Waals surface area contributed by atoms with Gasteiger partial charge in [0.2, 0.25) is 0 Å². The highest BCUT2D eigenvalue weighted by atomic mass is 16.5. The quantitative estimate of drug-likeness (QED) is 0.385. The van der Waals surface area contributed by atoms with Crippen LogP contribution in [0.4, 0.5) is 0 Å². The van der Waals surface area contributed by atoms with E-state index in [0.29, 0.717) is 19.6 Å². The summed E-state index contributed by atoms with van der Waals surface area (Å²) in [5.41, 5.74) is -1.35. The third-order valence-corrected chi connectivity index (χ3v) is 3.48. The van der Waals surface area contributed by atoms with E-state index in [0.717, 1.165) is 38.5 Å². The number of aliphatic hydroxyl groups excluding tert-OH is 1. The minimum atomic E-state index is -1.35. The van der Waals surface area contributed by atoms with Crippen LogP contribution in [0.15, 0.2) is 0 Å². The first-order valence-corrected chi connectivity index (χ1v) is 9.36. The van der Waals surface area contributed by atoms with Crippen molar-refractivity contribution in [2.24, 2.45) is 0 Å². The minimum absolute atomic E-state index is 0.0428. The summed E-state index contributed by atoms with van der Waals surface area (Å²) >= 11 is 0. The standard InChI is InChI=1S/C14H28O3.C5H10O3/c1-2-3-13-17-14(16)11-9-7-5-4-6-8-10-12-15;1-5(2,7)4(6)8-3/h15H,2-13H2,1H3;7H,1-3H3. The normalized spacial score (nSPS) is 10.6. The number of ether oxygens (including phenoxy) is 2.